The van der Waals surface area contributed by atoms with E-state index in [1.165, 1.54) is 15.8 Å². The quantitative estimate of drug-likeness (QED) is 0.646. The third-order valence-electron chi connectivity index (χ3n) is 7.08. The second-order valence-electron chi connectivity index (χ2n) is 9.31. The Morgan fingerprint density at radius 2 is 1.76 bits per heavy atom. The number of rotatable bonds is 5. The van der Waals surface area contributed by atoms with Gasteiger partial charge in [0.05, 0.1) is 17.4 Å². The molecule has 10 nitrogen and oxygen atoms in total. The summed E-state index contributed by atoms with van der Waals surface area (Å²) >= 11 is 0. The Bertz CT molecular complexity index is 1190. The molecule has 1 aliphatic heterocycles. The lowest BCUT2D eigenvalue weighted by atomic mass is 9.99. The molecule has 1 fully saturated rings. The second-order valence-corrected chi connectivity index (χ2v) is 10.9. The Kier molecular flexibility index (Phi) is 6.03. The molecule has 0 spiro atoms. The highest BCUT2D eigenvalue weighted by Gasteiger charge is 2.37. The summed E-state index contributed by atoms with van der Waals surface area (Å²) in [6, 6.07) is 0.522. The minimum absolute atomic E-state index is 0.296. The number of hydrogen-bond donors (Lipinski definition) is 1. The summed E-state index contributed by atoms with van der Waals surface area (Å²) in [4.78, 5) is 13.1. The summed E-state index contributed by atoms with van der Waals surface area (Å²) in [5, 5.41) is 20.1. The number of fused-ring (bicyclic) bond motifs is 2. The molecule has 0 saturated carbocycles. The maximum atomic E-state index is 13.6. The number of aromatic nitrogens is 2. The number of nitrogens with one attached hydrogen (secondary N) is 1. The molecular weight excluding hydrogens is 458 g/mol. The smallest absolute Gasteiger partial charge is 0.326 e. The van der Waals surface area contributed by atoms with E-state index >= 15 is 0 Å². The first-order valence-electron chi connectivity index (χ1n) is 11.8. The lowest BCUT2D eigenvalue weighted by molar-refractivity contribution is 0.0874. The van der Waals surface area contributed by atoms with Crippen LogP contribution in [0.3, 0.4) is 0 Å². The van der Waals surface area contributed by atoms with Crippen molar-refractivity contribution in [2.75, 3.05) is 22.8 Å². The highest BCUT2D eigenvalue weighted by molar-refractivity contribution is 7.91. The highest BCUT2D eigenvalue weighted by Crippen LogP contribution is 2.39. The zero-order valence-corrected chi connectivity index (χ0v) is 20.4. The van der Waals surface area contributed by atoms with Crippen LogP contribution in [0.2, 0.25) is 0 Å². The Morgan fingerprint density at radius 1 is 1.15 bits per heavy atom. The largest absolute Gasteiger partial charge is 0.740 e. The van der Waals surface area contributed by atoms with Crippen molar-refractivity contribution in [3.05, 3.63) is 45.4 Å². The molecule has 11 heteroatoms. The fourth-order valence-corrected chi connectivity index (χ4v) is 6.97. The van der Waals surface area contributed by atoms with Gasteiger partial charge in [-0.3, -0.25) is 9.15 Å². The molecule has 0 radical (unpaired) electrons. The van der Waals surface area contributed by atoms with Gasteiger partial charge in [0.1, 0.15) is 0 Å². The van der Waals surface area contributed by atoms with Crippen LogP contribution in [-0.2, 0) is 47.7 Å². The molecule has 184 valence electrons. The Morgan fingerprint density at radius 3 is 2.32 bits per heavy atom. The normalized spacial score (nSPS) is 18.0. The molecule has 0 atom stereocenters. The highest BCUT2D eigenvalue weighted by atomic mass is 32.2. The molecule has 1 saturated heterocycles. The molecule has 2 aliphatic carbocycles. The first-order valence-corrected chi connectivity index (χ1v) is 13.2. The van der Waals surface area contributed by atoms with E-state index in [0.717, 1.165) is 54.0 Å². The van der Waals surface area contributed by atoms with Gasteiger partial charge in [-0.25, -0.2) is 9.10 Å². The molecule has 2 aromatic rings. The number of aryl methyl sites for hydroxylation is 4. The first-order chi connectivity index (χ1) is 16.3. The van der Waals surface area contributed by atoms with Crippen LogP contribution in [-0.4, -0.2) is 48.0 Å². The van der Waals surface area contributed by atoms with E-state index in [4.69, 9.17) is 4.74 Å². The average Bonchev–Trinajstić information content (AvgIpc) is 3.54. The number of nitrogens with zero attached hydrogens (tertiary/aromatic N) is 4. The Balaban J connectivity index is 1.47. The predicted octanol–water partition coefficient (Wildman–Crippen LogP) is 2.97. The van der Waals surface area contributed by atoms with E-state index in [2.05, 4.69) is 16.5 Å². The number of carbonyl (C=O) groups excluding carboxylic acids is 1. The molecule has 5 rings (SSSR count). The number of hydrogen-bond acceptors (Lipinski definition) is 6. The SMILES string of the molecule is Cc1nn(C)cc1N(C1CCOCC1)S(=O)(=O)N([O-])C(=O)Nc1c2c(cc3c1CCC3)CCC2. The van der Waals surface area contributed by atoms with Gasteiger partial charge < -0.3 is 15.3 Å². The van der Waals surface area contributed by atoms with E-state index in [0.29, 0.717) is 43.1 Å². The molecule has 1 N–H and O–H groups in total. The molecule has 1 aromatic heterocycles. The number of hydroxylamine groups is 1. The van der Waals surface area contributed by atoms with E-state index in [1.54, 1.807) is 20.2 Å². The third-order valence-corrected chi connectivity index (χ3v) is 8.65. The van der Waals surface area contributed by atoms with Crippen molar-refractivity contribution in [3.8, 4) is 0 Å². The lowest BCUT2D eigenvalue weighted by Crippen LogP contribution is -2.51. The summed E-state index contributed by atoms with van der Waals surface area (Å²) in [5.74, 6) is 0. The Labute approximate surface area is 199 Å². The number of ether oxygens (including phenoxy) is 1. The Hall–Kier alpha value is -2.63. The third kappa shape index (κ3) is 3.95. The minimum atomic E-state index is -4.72. The minimum Gasteiger partial charge on any atom is -0.740 e. The van der Waals surface area contributed by atoms with Crippen LogP contribution in [0.1, 0.15) is 53.6 Å². The van der Waals surface area contributed by atoms with Gasteiger partial charge >= 0.3 is 16.2 Å². The summed E-state index contributed by atoms with van der Waals surface area (Å²) in [5.41, 5.74) is 5.83. The van der Waals surface area contributed by atoms with Gasteiger partial charge in [0.2, 0.25) is 0 Å². The molecule has 34 heavy (non-hydrogen) atoms. The zero-order valence-electron chi connectivity index (χ0n) is 19.5. The maximum Gasteiger partial charge on any atom is 0.326 e. The average molecular weight is 489 g/mol. The number of urea groups is 1. The summed E-state index contributed by atoms with van der Waals surface area (Å²) in [6.45, 7) is 2.44. The topological polar surface area (TPSA) is 120 Å². The van der Waals surface area contributed by atoms with Gasteiger partial charge in [0, 0.05) is 32.1 Å². The van der Waals surface area contributed by atoms with Gasteiger partial charge in [-0.05, 0) is 80.5 Å². The lowest BCUT2D eigenvalue weighted by Gasteiger charge is -2.40. The molecular formula is C23H30N5O5S-. The van der Waals surface area contributed by atoms with Crippen LogP contribution in [0.15, 0.2) is 12.3 Å². The van der Waals surface area contributed by atoms with Gasteiger partial charge in [-0.1, -0.05) is 6.07 Å². The summed E-state index contributed by atoms with van der Waals surface area (Å²) in [7, 11) is -3.04. The molecule has 3 aliphatic rings. The van der Waals surface area contributed by atoms with Crippen molar-refractivity contribution in [2.45, 2.75) is 64.3 Å². The molecule has 0 bridgehead atoms. The van der Waals surface area contributed by atoms with Gasteiger partial charge in [-0.15, -0.1) is 0 Å². The van der Waals surface area contributed by atoms with Gasteiger partial charge in [0.25, 0.3) is 0 Å². The number of anilines is 2. The summed E-state index contributed by atoms with van der Waals surface area (Å²) in [6.07, 6.45) is 7.86. The van der Waals surface area contributed by atoms with Crippen molar-refractivity contribution in [3.63, 3.8) is 0 Å². The first kappa shape index (κ1) is 23.1. The maximum absolute atomic E-state index is 13.6. The van der Waals surface area contributed by atoms with E-state index < -0.39 is 26.8 Å². The standard InChI is InChI=1S/C23H30N5O5S/c1-15-21(14-26(2)25-15)27(18-9-11-33-12-10-18)34(31,32)28(30)23(29)24-22-19-7-3-5-16(19)13-17-6-4-8-20(17)22/h13-14,18H,3-12H2,1-2H3,(H,24,29)/q-1. The molecule has 1 aromatic carbocycles. The van der Waals surface area contributed by atoms with Crippen molar-refractivity contribution < 1.29 is 17.9 Å². The van der Waals surface area contributed by atoms with Crippen LogP contribution >= 0.6 is 0 Å². The number of carbonyl (C=O) groups is 1. The van der Waals surface area contributed by atoms with Crippen LogP contribution < -0.4 is 9.62 Å². The van der Waals surface area contributed by atoms with Crippen LogP contribution in [0, 0.1) is 12.1 Å². The van der Waals surface area contributed by atoms with E-state index in [1.807, 2.05) is 0 Å². The van der Waals surface area contributed by atoms with Crippen molar-refractivity contribution in [1.82, 2.24) is 14.2 Å². The number of benzene rings is 1. The molecule has 0 unspecified atom stereocenters. The van der Waals surface area contributed by atoms with E-state index in [9.17, 15) is 18.4 Å². The zero-order chi connectivity index (χ0) is 24.0. The summed E-state index contributed by atoms with van der Waals surface area (Å²) < 4.78 is 34.7. The van der Waals surface area contributed by atoms with Crippen molar-refractivity contribution in [2.24, 2.45) is 7.05 Å². The fraction of sp³-hybridized carbons (Fsp3) is 0.565. The molecule has 2 heterocycles. The van der Waals surface area contributed by atoms with Crippen LogP contribution in [0.25, 0.3) is 0 Å². The van der Waals surface area contributed by atoms with Crippen molar-refractivity contribution in [1.29, 1.82) is 0 Å². The van der Waals surface area contributed by atoms with Crippen LogP contribution in [0.5, 0.6) is 0 Å². The van der Waals surface area contributed by atoms with Crippen molar-refractivity contribution >= 4 is 27.6 Å². The number of amides is 2. The fourth-order valence-electron chi connectivity index (χ4n) is 5.54. The van der Waals surface area contributed by atoms with Gasteiger partial charge in [0.15, 0.2) is 0 Å². The monoisotopic (exact) mass is 488 g/mol. The van der Waals surface area contributed by atoms with Crippen LogP contribution in [0.4, 0.5) is 16.2 Å². The van der Waals surface area contributed by atoms with Gasteiger partial charge in [-0.2, -0.15) is 13.5 Å². The predicted molar refractivity (Wildman–Crippen MR) is 128 cm³/mol. The second kappa shape index (κ2) is 8.86. The van der Waals surface area contributed by atoms with E-state index in [-0.39, 0.29) is 0 Å². The molecule has 2 amide bonds.